The maximum atomic E-state index is 13.3. The summed E-state index contributed by atoms with van der Waals surface area (Å²) in [7, 11) is -0.711. The van der Waals surface area contributed by atoms with E-state index in [0.29, 0.717) is 22.6 Å². The molecule has 3 N–H and O–H groups in total. The third-order valence-corrected chi connectivity index (χ3v) is 6.62. The molecular formula is C23H26N2O4S. The highest BCUT2D eigenvalue weighted by molar-refractivity contribution is 7.89. The smallest absolute Gasteiger partial charge is 0.241 e. The zero-order valence-electron chi connectivity index (χ0n) is 17.3. The zero-order chi connectivity index (χ0) is 21.8. The lowest BCUT2D eigenvalue weighted by molar-refractivity contribution is 0.412. The minimum Gasteiger partial charge on any atom is -0.497 e. The summed E-state index contributed by atoms with van der Waals surface area (Å²) in [5.41, 5.74) is 7.43. The molecule has 3 rings (SSSR count). The number of hydrogen-bond donors (Lipinski definition) is 2. The van der Waals surface area contributed by atoms with Gasteiger partial charge in [-0.15, -0.1) is 0 Å². The molecule has 0 heterocycles. The van der Waals surface area contributed by atoms with Gasteiger partial charge in [0, 0.05) is 6.54 Å². The average Bonchev–Trinajstić information content (AvgIpc) is 2.78. The molecule has 0 saturated carbocycles. The Morgan fingerprint density at radius 1 is 0.800 bits per heavy atom. The molecule has 0 atom stereocenters. The molecule has 0 aliphatic carbocycles. The monoisotopic (exact) mass is 426 g/mol. The molecule has 6 nitrogen and oxygen atoms in total. The first-order valence-electron chi connectivity index (χ1n) is 9.44. The molecule has 0 saturated heterocycles. The molecule has 0 fully saturated rings. The van der Waals surface area contributed by atoms with E-state index in [2.05, 4.69) is 4.72 Å². The Kier molecular flexibility index (Phi) is 6.45. The lowest BCUT2D eigenvalue weighted by atomic mass is 9.84. The number of rotatable bonds is 8. The molecule has 3 aromatic rings. The van der Waals surface area contributed by atoms with Crippen molar-refractivity contribution in [2.75, 3.05) is 20.8 Å². The molecule has 158 valence electrons. The highest BCUT2D eigenvalue weighted by Gasteiger charge is 2.38. The molecule has 0 amide bonds. The molecule has 0 aromatic heterocycles. The van der Waals surface area contributed by atoms with Crippen LogP contribution in [0.2, 0.25) is 0 Å². The van der Waals surface area contributed by atoms with Crippen LogP contribution in [-0.4, -0.2) is 29.2 Å². The van der Waals surface area contributed by atoms with Gasteiger partial charge >= 0.3 is 0 Å². The van der Waals surface area contributed by atoms with Gasteiger partial charge in [0.2, 0.25) is 10.0 Å². The number of sulfonamides is 1. The summed E-state index contributed by atoms with van der Waals surface area (Å²) >= 11 is 0. The third kappa shape index (κ3) is 4.33. The van der Waals surface area contributed by atoms with Crippen molar-refractivity contribution in [1.82, 2.24) is 4.72 Å². The molecule has 3 aromatic carbocycles. The number of ether oxygens (including phenoxy) is 2. The van der Waals surface area contributed by atoms with Crippen LogP contribution in [-0.2, 0) is 15.6 Å². The van der Waals surface area contributed by atoms with E-state index in [1.54, 1.807) is 62.8 Å². The van der Waals surface area contributed by atoms with Crippen LogP contribution in [0, 0.1) is 6.92 Å². The number of benzene rings is 3. The van der Waals surface area contributed by atoms with E-state index in [4.69, 9.17) is 15.2 Å². The summed E-state index contributed by atoms with van der Waals surface area (Å²) in [6.45, 7) is 1.92. The highest BCUT2D eigenvalue weighted by atomic mass is 32.2. The summed E-state index contributed by atoms with van der Waals surface area (Å²) in [6.07, 6.45) is 0. The van der Waals surface area contributed by atoms with Gasteiger partial charge in [0.25, 0.3) is 0 Å². The van der Waals surface area contributed by atoms with Gasteiger partial charge in [0.1, 0.15) is 11.5 Å². The van der Waals surface area contributed by atoms with E-state index >= 15 is 0 Å². The van der Waals surface area contributed by atoms with Gasteiger partial charge < -0.3 is 15.2 Å². The first-order chi connectivity index (χ1) is 14.3. The quantitative estimate of drug-likeness (QED) is 0.577. The van der Waals surface area contributed by atoms with Gasteiger partial charge in [-0.05, 0) is 54.4 Å². The second-order valence-corrected chi connectivity index (χ2v) is 8.67. The fourth-order valence-corrected chi connectivity index (χ4v) is 4.71. The van der Waals surface area contributed by atoms with Crippen molar-refractivity contribution >= 4 is 10.0 Å². The molecule has 0 unspecified atom stereocenters. The van der Waals surface area contributed by atoms with E-state index in [9.17, 15) is 8.42 Å². The Balaban J connectivity index is 2.15. The lowest BCUT2D eigenvalue weighted by Gasteiger charge is -2.34. The van der Waals surface area contributed by atoms with Gasteiger partial charge in [0.15, 0.2) is 0 Å². The second-order valence-electron chi connectivity index (χ2n) is 6.99. The van der Waals surface area contributed by atoms with Crippen LogP contribution in [0.3, 0.4) is 0 Å². The minimum atomic E-state index is -3.87. The van der Waals surface area contributed by atoms with E-state index in [0.717, 1.165) is 5.56 Å². The van der Waals surface area contributed by atoms with Gasteiger partial charge in [0.05, 0.1) is 24.7 Å². The summed E-state index contributed by atoms with van der Waals surface area (Å²) in [6, 6.07) is 21.1. The summed E-state index contributed by atoms with van der Waals surface area (Å²) in [5, 5.41) is 0. The Bertz CT molecular complexity index is 1030. The molecule has 0 spiro atoms. The number of methoxy groups -OCH3 is 2. The lowest BCUT2D eigenvalue weighted by Crippen LogP contribution is -2.51. The highest BCUT2D eigenvalue weighted by Crippen LogP contribution is 2.33. The van der Waals surface area contributed by atoms with Crippen LogP contribution in [0.5, 0.6) is 11.5 Å². The standard InChI is InChI=1S/C23H26N2O4S/c1-17-4-14-22(15-5-17)30(26,27)25-23(16-24,18-6-10-20(28-2)11-7-18)19-8-12-21(29-3)13-9-19/h4-15,25H,16,24H2,1-3H3. The SMILES string of the molecule is COc1ccc(C(CN)(NS(=O)(=O)c2ccc(C)cc2)c2ccc(OC)cc2)cc1. The van der Waals surface area contributed by atoms with Crippen molar-refractivity contribution in [3.8, 4) is 11.5 Å². The number of nitrogens with one attached hydrogen (secondary N) is 1. The fourth-order valence-electron chi connectivity index (χ4n) is 3.32. The first kappa shape index (κ1) is 21.8. The molecule has 0 aliphatic heterocycles. The van der Waals surface area contributed by atoms with Crippen molar-refractivity contribution in [1.29, 1.82) is 0 Å². The van der Waals surface area contributed by atoms with Crippen LogP contribution >= 0.6 is 0 Å². The van der Waals surface area contributed by atoms with Crippen LogP contribution in [0.25, 0.3) is 0 Å². The molecule has 30 heavy (non-hydrogen) atoms. The minimum absolute atomic E-state index is 0.0107. The van der Waals surface area contributed by atoms with Crippen molar-refractivity contribution in [2.24, 2.45) is 5.73 Å². The van der Waals surface area contributed by atoms with E-state index in [1.165, 1.54) is 0 Å². The zero-order valence-corrected chi connectivity index (χ0v) is 18.1. The maximum absolute atomic E-state index is 13.3. The van der Waals surface area contributed by atoms with Crippen molar-refractivity contribution < 1.29 is 17.9 Å². The molecule has 0 radical (unpaired) electrons. The molecular weight excluding hydrogens is 400 g/mol. The number of aryl methyl sites for hydroxylation is 1. The average molecular weight is 427 g/mol. The largest absolute Gasteiger partial charge is 0.497 e. The van der Waals surface area contributed by atoms with E-state index in [-0.39, 0.29) is 11.4 Å². The van der Waals surface area contributed by atoms with Gasteiger partial charge in [-0.3, -0.25) is 0 Å². The summed E-state index contributed by atoms with van der Waals surface area (Å²) in [5.74, 6) is 1.33. The van der Waals surface area contributed by atoms with Gasteiger partial charge in [-0.25, -0.2) is 8.42 Å². The van der Waals surface area contributed by atoms with Crippen LogP contribution in [0.4, 0.5) is 0 Å². The number of nitrogens with two attached hydrogens (primary N) is 1. The van der Waals surface area contributed by atoms with Crippen LogP contribution < -0.4 is 19.9 Å². The predicted molar refractivity (Wildman–Crippen MR) is 117 cm³/mol. The van der Waals surface area contributed by atoms with Crippen molar-refractivity contribution in [2.45, 2.75) is 17.4 Å². The predicted octanol–water partition coefficient (Wildman–Crippen LogP) is 3.19. The van der Waals surface area contributed by atoms with Gasteiger partial charge in [-0.2, -0.15) is 4.72 Å². The number of hydrogen-bond acceptors (Lipinski definition) is 5. The summed E-state index contributed by atoms with van der Waals surface area (Å²) < 4.78 is 39.9. The Morgan fingerprint density at radius 2 is 1.23 bits per heavy atom. The Hall–Kier alpha value is -2.87. The van der Waals surface area contributed by atoms with Crippen LogP contribution in [0.15, 0.2) is 77.7 Å². The van der Waals surface area contributed by atoms with Gasteiger partial charge in [-0.1, -0.05) is 42.0 Å². The normalized spacial score (nSPS) is 11.9. The third-order valence-electron chi connectivity index (χ3n) is 5.11. The van der Waals surface area contributed by atoms with E-state index < -0.39 is 15.6 Å². The fraction of sp³-hybridized carbons (Fsp3) is 0.217. The Morgan fingerprint density at radius 3 is 1.60 bits per heavy atom. The Labute approximate surface area is 177 Å². The first-order valence-corrected chi connectivity index (χ1v) is 10.9. The second kappa shape index (κ2) is 8.87. The molecule has 7 heteroatoms. The topological polar surface area (TPSA) is 90.6 Å². The maximum Gasteiger partial charge on any atom is 0.241 e. The van der Waals surface area contributed by atoms with Crippen molar-refractivity contribution in [3.63, 3.8) is 0 Å². The van der Waals surface area contributed by atoms with Crippen molar-refractivity contribution in [3.05, 3.63) is 89.5 Å². The molecule has 0 aliphatic rings. The summed E-state index contributed by atoms with van der Waals surface area (Å²) in [4.78, 5) is 0.174. The van der Waals surface area contributed by atoms with Crippen LogP contribution in [0.1, 0.15) is 16.7 Å². The molecule has 0 bridgehead atoms. The van der Waals surface area contributed by atoms with E-state index in [1.807, 2.05) is 31.2 Å².